The first-order valence-corrected chi connectivity index (χ1v) is 8.27. The summed E-state index contributed by atoms with van der Waals surface area (Å²) in [6, 6.07) is 7.61. The Hall–Kier alpha value is -0.620. The molecule has 4 nitrogen and oxygen atoms in total. The van der Waals surface area contributed by atoms with Crippen LogP contribution in [0.1, 0.15) is 25.3 Å². The van der Waals surface area contributed by atoms with Crippen LogP contribution in [-0.4, -0.2) is 36.6 Å². The van der Waals surface area contributed by atoms with Crippen molar-refractivity contribution in [3.63, 3.8) is 0 Å². The third kappa shape index (κ3) is 5.23. The topological polar surface area (TPSA) is 55.6 Å². The average Bonchev–Trinajstić information content (AvgIpc) is 2.52. The molecule has 0 aliphatic carbocycles. The number of amides is 1. The second-order valence-electron chi connectivity index (χ2n) is 5.46. The van der Waals surface area contributed by atoms with E-state index in [4.69, 9.17) is 10.5 Å². The second kappa shape index (κ2) is 9.50. The number of halogens is 2. The average molecular weight is 392 g/mol. The summed E-state index contributed by atoms with van der Waals surface area (Å²) in [5.41, 5.74) is 7.31. The minimum Gasteiger partial charge on any atom is -0.381 e. The van der Waals surface area contributed by atoms with E-state index >= 15 is 0 Å². The van der Waals surface area contributed by atoms with Crippen molar-refractivity contribution in [2.75, 3.05) is 19.8 Å². The van der Waals surface area contributed by atoms with Gasteiger partial charge < -0.3 is 15.4 Å². The van der Waals surface area contributed by atoms with Crippen molar-refractivity contribution in [1.29, 1.82) is 0 Å². The Morgan fingerprint density at radius 2 is 2.14 bits per heavy atom. The van der Waals surface area contributed by atoms with E-state index in [-0.39, 0.29) is 24.2 Å². The van der Waals surface area contributed by atoms with E-state index in [9.17, 15) is 4.79 Å². The van der Waals surface area contributed by atoms with Crippen LogP contribution in [0.4, 0.5) is 0 Å². The minimum atomic E-state index is -0.416. The van der Waals surface area contributed by atoms with E-state index in [1.54, 1.807) is 0 Å². The van der Waals surface area contributed by atoms with Crippen molar-refractivity contribution in [1.82, 2.24) is 4.90 Å². The van der Waals surface area contributed by atoms with Crippen LogP contribution in [0.2, 0.25) is 0 Å². The molecule has 1 aliphatic rings. The summed E-state index contributed by atoms with van der Waals surface area (Å²) in [6.07, 6.45) is 1.75. The van der Waals surface area contributed by atoms with Crippen LogP contribution in [0.3, 0.4) is 0 Å². The van der Waals surface area contributed by atoms with Gasteiger partial charge in [-0.15, -0.1) is 12.4 Å². The lowest BCUT2D eigenvalue weighted by Gasteiger charge is -2.31. The van der Waals surface area contributed by atoms with Gasteiger partial charge in [0.05, 0.1) is 6.04 Å². The molecule has 0 bridgehead atoms. The van der Waals surface area contributed by atoms with Crippen LogP contribution in [-0.2, 0) is 16.1 Å². The van der Waals surface area contributed by atoms with Gasteiger partial charge in [0.1, 0.15) is 0 Å². The first-order valence-electron chi connectivity index (χ1n) is 7.48. The molecule has 1 amide bonds. The third-order valence-corrected chi connectivity index (χ3v) is 4.51. The highest BCUT2D eigenvalue weighted by molar-refractivity contribution is 9.10. The predicted molar refractivity (Wildman–Crippen MR) is 94.0 cm³/mol. The van der Waals surface area contributed by atoms with E-state index in [0.29, 0.717) is 26.3 Å². The Balaban J connectivity index is 0.00000242. The number of hydrogen-bond donors (Lipinski definition) is 1. The first-order chi connectivity index (χ1) is 10.1. The molecule has 1 unspecified atom stereocenters. The number of nitrogens with two attached hydrogens (primary N) is 1. The largest absolute Gasteiger partial charge is 0.381 e. The molecule has 0 saturated carbocycles. The van der Waals surface area contributed by atoms with E-state index in [1.165, 1.54) is 0 Å². The zero-order valence-electron chi connectivity index (χ0n) is 12.8. The third-order valence-electron chi connectivity index (χ3n) is 4.01. The highest BCUT2D eigenvalue weighted by Crippen LogP contribution is 2.20. The number of ether oxygens (including phenoxy) is 1. The summed E-state index contributed by atoms with van der Waals surface area (Å²) in [7, 11) is 0. The van der Waals surface area contributed by atoms with Crippen LogP contribution in [0.5, 0.6) is 0 Å². The van der Waals surface area contributed by atoms with Gasteiger partial charge in [0.25, 0.3) is 0 Å². The molecule has 0 aromatic heterocycles. The maximum Gasteiger partial charge on any atom is 0.240 e. The van der Waals surface area contributed by atoms with Crippen molar-refractivity contribution >= 4 is 34.2 Å². The molecule has 6 heteroatoms. The van der Waals surface area contributed by atoms with Gasteiger partial charge in [0.2, 0.25) is 5.91 Å². The first kappa shape index (κ1) is 19.4. The summed E-state index contributed by atoms with van der Waals surface area (Å²) >= 11 is 3.46. The Morgan fingerprint density at radius 1 is 1.45 bits per heavy atom. The second-order valence-corrected chi connectivity index (χ2v) is 6.37. The maximum atomic E-state index is 12.6. The van der Waals surface area contributed by atoms with E-state index in [2.05, 4.69) is 15.9 Å². The van der Waals surface area contributed by atoms with E-state index < -0.39 is 6.04 Å². The zero-order valence-corrected chi connectivity index (χ0v) is 15.2. The van der Waals surface area contributed by atoms with Crippen LogP contribution < -0.4 is 5.73 Å². The monoisotopic (exact) mass is 390 g/mol. The summed E-state index contributed by atoms with van der Waals surface area (Å²) in [5.74, 6) is 0.284. The standard InChI is InChI=1S/C16H23BrN2O2.ClH/c1-2-19(11-12-4-3-5-14(17)10-12)16(20)15(18)13-6-8-21-9-7-13;/h3-5,10,13,15H,2,6-9,11,18H2,1H3;1H. The quantitative estimate of drug-likeness (QED) is 0.839. The van der Waals surface area contributed by atoms with Crippen molar-refractivity contribution in [3.8, 4) is 0 Å². The highest BCUT2D eigenvalue weighted by atomic mass is 79.9. The van der Waals surface area contributed by atoms with E-state index in [1.807, 2.05) is 36.1 Å². The molecule has 0 radical (unpaired) electrons. The fourth-order valence-electron chi connectivity index (χ4n) is 2.69. The van der Waals surface area contributed by atoms with Crippen LogP contribution in [0, 0.1) is 5.92 Å². The Bertz CT molecular complexity index is 481. The fourth-order valence-corrected chi connectivity index (χ4v) is 3.14. The van der Waals surface area contributed by atoms with Gasteiger partial charge >= 0.3 is 0 Å². The number of hydrogen-bond acceptors (Lipinski definition) is 3. The molecule has 22 heavy (non-hydrogen) atoms. The lowest BCUT2D eigenvalue weighted by Crippen LogP contribution is -2.48. The van der Waals surface area contributed by atoms with Gasteiger partial charge in [-0.1, -0.05) is 28.1 Å². The van der Waals surface area contributed by atoms with Crippen molar-refractivity contribution in [2.45, 2.75) is 32.4 Å². The van der Waals surface area contributed by atoms with Crippen molar-refractivity contribution in [2.24, 2.45) is 11.7 Å². The highest BCUT2D eigenvalue weighted by Gasteiger charge is 2.29. The van der Waals surface area contributed by atoms with Crippen molar-refractivity contribution < 1.29 is 9.53 Å². The molecule has 0 spiro atoms. The Labute approximate surface area is 146 Å². The Kier molecular flexibility index (Phi) is 8.39. The van der Waals surface area contributed by atoms with Crippen molar-refractivity contribution in [3.05, 3.63) is 34.3 Å². The van der Waals surface area contributed by atoms with Gasteiger partial charge in [-0.05, 0) is 43.4 Å². The molecule has 2 N–H and O–H groups in total. The summed E-state index contributed by atoms with van der Waals surface area (Å²) in [4.78, 5) is 14.4. The van der Waals surface area contributed by atoms with Gasteiger partial charge in [-0.3, -0.25) is 4.79 Å². The number of carbonyl (C=O) groups excluding carboxylic acids is 1. The molecule has 1 aromatic rings. The van der Waals surface area contributed by atoms with Crippen LogP contribution >= 0.6 is 28.3 Å². The Morgan fingerprint density at radius 3 is 2.73 bits per heavy atom. The van der Waals surface area contributed by atoms with E-state index in [0.717, 1.165) is 22.9 Å². The molecule has 2 rings (SSSR count). The zero-order chi connectivity index (χ0) is 15.2. The molecular weight excluding hydrogens is 368 g/mol. The SMILES string of the molecule is CCN(Cc1cccc(Br)c1)C(=O)C(N)C1CCOCC1.Cl. The molecule has 1 heterocycles. The van der Waals surface area contributed by atoms with Crippen LogP contribution in [0.15, 0.2) is 28.7 Å². The smallest absolute Gasteiger partial charge is 0.240 e. The van der Waals surface area contributed by atoms with Gasteiger partial charge in [0, 0.05) is 30.8 Å². The number of likely N-dealkylation sites (N-methyl/N-ethyl adjacent to an activating group) is 1. The summed E-state index contributed by atoms with van der Waals surface area (Å²) in [5, 5.41) is 0. The molecule has 1 atom stereocenters. The molecular formula is C16H24BrClN2O2. The molecule has 1 fully saturated rings. The van der Waals surface area contributed by atoms with Crippen LogP contribution in [0.25, 0.3) is 0 Å². The number of nitrogens with zero attached hydrogens (tertiary/aromatic N) is 1. The fraction of sp³-hybridized carbons (Fsp3) is 0.562. The summed E-state index contributed by atoms with van der Waals surface area (Å²) in [6.45, 7) is 4.69. The van der Waals surface area contributed by atoms with Gasteiger partial charge in [0.15, 0.2) is 0 Å². The molecule has 1 saturated heterocycles. The van der Waals surface area contributed by atoms with Gasteiger partial charge in [-0.25, -0.2) is 0 Å². The molecule has 124 valence electrons. The number of rotatable bonds is 5. The molecule has 1 aromatic carbocycles. The molecule has 1 aliphatic heterocycles. The lowest BCUT2D eigenvalue weighted by molar-refractivity contribution is -0.135. The lowest BCUT2D eigenvalue weighted by atomic mass is 9.91. The predicted octanol–water partition coefficient (Wildman–Crippen LogP) is 2.97. The van der Waals surface area contributed by atoms with Gasteiger partial charge in [-0.2, -0.15) is 0 Å². The number of carbonyl (C=O) groups is 1. The maximum absolute atomic E-state index is 12.6. The number of benzene rings is 1. The normalized spacial score (nSPS) is 16.7. The summed E-state index contributed by atoms with van der Waals surface area (Å²) < 4.78 is 6.36. The minimum absolute atomic E-state index is 0.